The highest BCUT2D eigenvalue weighted by Crippen LogP contribution is 2.27. The average Bonchev–Trinajstić information content (AvgIpc) is 2.61. The molecule has 2 amide bonds. The van der Waals surface area contributed by atoms with Gasteiger partial charge in [0, 0.05) is 23.9 Å². The highest BCUT2D eigenvalue weighted by molar-refractivity contribution is 6.42. The molecule has 2 N–H and O–H groups in total. The van der Waals surface area contributed by atoms with E-state index in [0.717, 1.165) is 0 Å². The van der Waals surface area contributed by atoms with Crippen LogP contribution in [0.15, 0.2) is 36.4 Å². The average molecular weight is 385 g/mol. The molecule has 0 saturated heterocycles. The standard InChI is InChI=1S/C17H18Cl2N2O4/c1-23-12-8-13(24-2)10-14(9-12)25-6-5-20-17(22)21-11-3-4-15(18)16(19)7-11/h3-4,7-10H,5-6H2,1-2H3,(H2,20,21,22). The molecule has 25 heavy (non-hydrogen) atoms. The summed E-state index contributed by atoms with van der Waals surface area (Å²) in [5.41, 5.74) is 0.547. The Kier molecular flexibility index (Phi) is 7.03. The molecule has 0 spiro atoms. The molecular formula is C17H18Cl2N2O4. The van der Waals surface area contributed by atoms with Crippen molar-refractivity contribution in [2.45, 2.75) is 0 Å². The van der Waals surface area contributed by atoms with Crippen LogP contribution >= 0.6 is 23.2 Å². The molecule has 0 radical (unpaired) electrons. The lowest BCUT2D eigenvalue weighted by molar-refractivity contribution is 0.247. The van der Waals surface area contributed by atoms with Gasteiger partial charge in [0.1, 0.15) is 23.9 Å². The molecule has 2 rings (SSSR count). The third kappa shape index (κ3) is 5.92. The highest BCUT2D eigenvalue weighted by atomic mass is 35.5. The minimum Gasteiger partial charge on any atom is -0.496 e. The van der Waals surface area contributed by atoms with Gasteiger partial charge in [-0.2, -0.15) is 0 Å². The van der Waals surface area contributed by atoms with Crippen LogP contribution in [-0.4, -0.2) is 33.4 Å². The minimum absolute atomic E-state index is 0.283. The molecule has 2 aromatic rings. The van der Waals surface area contributed by atoms with Crippen LogP contribution in [0.1, 0.15) is 0 Å². The summed E-state index contributed by atoms with van der Waals surface area (Å²) in [6.07, 6.45) is 0. The molecule has 0 heterocycles. The molecular weight excluding hydrogens is 367 g/mol. The molecule has 0 bridgehead atoms. The second kappa shape index (κ2) is 9.25. The van der Waals surface area contributed by atoms with E-state index in [-0.39, 0.29) is 12.6 Å². The van der Waals surface area contributed by atoms with Crippen LogP contribution in [0.5, 0.6) is 17.2 Å². The van der Waals surface area contributed by atoms with Gasteiger partial charge in [0.15, 0.2) is 0 Å². The van der Waals surface area contributed by atoms with Gasteiger partial charge in [-0.25, -0.2) is 4.79 Å². The molecule has 0 fully saturated rings. The first kappa shape index (κ1) is 19.0. The Hall–Kier alpha value is -2.31. The third-order valence-corrected chi connectivity index (χ3v) is 3.90. The van der Waals surface area contributed by atoms with E-state index >= 15 is 0 Å². The number of hydrogen-bond donors (Lipinski definition) is 2. The summed E-state index contributed by atoms with van der Waals surface area (Å²) in [7, 11) is 3.13. The number of methoxy groups -OCH3 is 2. The molecule has 0 atom stereocenters. The smallest absolute Gasteiger partial charge is 0.319 e. The summed E-state index contributed by atoms with van der Waals surface area (Å²) in [6, 6.07) is 9.69. The predicted molar refractivity (Wildman–Crippen MR) is 98.5 cm³/mol. The number of halogens is 2. The Bertz CT molecular complexity index is 718. The Morgan fingerprint density at radius 3 is 2.20 bits per heavy atom. The second-order valence-corrected chi connectivity index (χ2v) is 5.72. The number of amides is 2. The number of carbonyl (C=O) groups excluding carboxylic acids is 1. The fourth-order valence-electron chi connectivity index (χ4n) is 1.95. The van der Waals surface area contributed by atoms with Crippen molar-refractivity contribution in [2.24, 2.45) is 0 Å². The molecule has 134 valence electrons. The second-order valence-electron chi connectivity index (χ2n) is 4.91. The number of rotatable bonds is 7. The van der Waals surface area contributed by atoms with E-state index in [1.807, 2.05) is 0 Å². The van der Waals surface area contributed by atoms with Gasteiger partial charge in [-0.3, -0.25) is 0 Å². The van der Waals surface area contributed by atoms with Gasteiger partial charge in [-0.1, -0.05) is 23.2 Å². The van der Waals surface area contributed by atoms with Gasteiger partial charge in [0.05, 0.1) is 30.8 Å². The first-order valence-corrected chi connectivity index (χ1v) is 8.13. The Balaban J connectivity index is 1.78. The van der Waals surface area contributed by atoms with Crippen molar-refractivity contribution in [1.82, 2.24) is 5.32 Å². The largest absolute Gasteiger partial charge is 0.496 e. The van der Waals surface area contributed by atoms with Crippen LogP contribution in [0.2, 0.25) is 10.0 Å². The molecule has 2 aromatic carbocycles. The van der Waals surface area contributed by atoms with E-state index in [1.165, 1.54) is 0 Å². The quantitative estimate of drug-likeness (QED) is 0.701. The molecule has 8 heteroatoms. The van der Waals surface area contributed by atoms with E-state index < -0.39 is 0 Å². The van der Waals surface area contributed by atoms with Crippen molar-refractivity contribution in [3.8, 4) is 17.2 Å². The van der Waals surface area contributed by atoms with E-state index in [0.29, 0.717) is 39.5 Å². The van der Waals surface area contributed by atoms with Gasteiger partial charge in [-0.05, 0) is 18.2 Å². The molecule has 0 aliphatic heterocycles. The van der Waals surface area contributed by atoms with Crippen molar-refractivity contribution in [2.75, 3.05) is 32.7 Å². The zero-order chi connectivity index (χ0) is 18.2. The number of urea groups is 1. The maximum Gasteiger partial charge on any atom is 0.319 e. The lowest BCUT2D eigenvalue weighted by atomic mass is 10.3. The fourth-order valence-corrected chi connectivity index (χ4v) is 2.25. The van der Waals surface area contributed by atoms with Crippen LogP contribution in [0.3, 0.4) is 0 Å². The Morgan fingerprint density at radius 2 is 1.60 bits per heavy atom. The van der Waals surface area contributed by atoms with E-state index in [1.54, 1.807) is 50.6 Å². The van der Waals surface area contributed by atoms with Gasteiger partial charge in [0.2, 0.25) is 0 Å². The number of anilines is 1. The Morgan fingerprint density at radius 1 is 0.960 bits per heavy atom. The molecule has 0 aromatic heterocycles. The monoisotopic (exact) mass is 384 g/mol. The summed E-state index contributed by atoms with van der Waals surface area (Å²) >= 11 is 11.7. The zero-order valence-corrected chi connectivity index (χ0v) is 15.3. The van der Waals surface area contributed by atoms with E-state index in [9.17, 15) is 4.79 Å². The van der Waals surface area contributed by atoms with Gasteiger partial charge in [0.25, 0.3) is 0 Å². The number of benzene rings is 2. The molecule has 0 aliphatic carbocycles. The summed E-state index contributed by atoms with van der Waals surface area (Å²) in [4.78, 5) is 11.8. The number of carbonyl (C=O) groups is 1. The van der Waals surface area contributed by atoms with E-state index in [2.05, 4.69) is 10.6 Å². The van der Waals surface area contributed by atoms with Crippen molar-refractivity contribution in [1.29, 1.82) is 0 Å². The normalized spacial score (nSPS) is 10.1. The topological polar surface area (TPSA) is 68.8 Å². The van der Waals surface area contributed by atoms with Crippen molar-refractivity contribution in [3.63, 3.8) is 0 Å². The number of hydrogen-bond acceptors (Lipinski definition) is 4. The first-order valence-electron chi connectivity index (χ1n) is 7.37. The van der Waals surface area contributed by atoms with Crippen molar-refractivity contribution >= 4 is 34.9 Å². The lowest BCUT2D eigenvalue weighted by Gasteiger charge is -2.11. The molecule has 0 aliphatic rings. The van der Waals surface area contributed by atoms with Crippen LogP contribution in [-0.2, 0) is 0 Å². The SMILES string of the molecule is COc1cc(OC)cc(OCCNC(=O)Nc2ccc(Cl)c(Cl)c2)c1. The van der Waals surface area contributed by atoms with Gasteiger partial charge < -0.3 is 24.8 Å². The molecule has 6 nitrogen and oxygen atoms in total. The van der Waals surface area contributed by atoms with Crippen LogP contribution in [0.25, 0.3) is 0 Å². The maximum atomic E-state index is 11.8. The Labute approximate surface area is 156 Å². The number of nitrogens with one attached hydrogen (secondary N) is 2. The fraction of sp³-hybridized carbons (Fsp3) is 0.235. The minimum atomic E-state index is -0.370. The van der Waals surface area contributed by atoms with Gasteiger partial charge >= 0.3 is 6.03 Å². The van der Waals surface area contributed by atoms with E-state index in [4.69, 9.17) is 37.4 Å². The molecule has 0 saturated carbocycles. The first-order chi connectivity index (χ1) is 12.0. The predicted octanol–water partition coefficient (Wildman–Crippen LogP) is 4.21. The highest BCUT2D eigenvalue weighted by Gasteiger charge is 2.05. The van der Waals surface area contributed by atoms with Gasteiger partial charge in [-0.15, -0.1) is 0 Å². The van der Waals surface area contributed by atoms with Crippen molar-refractivity contribution in [3.05, 3.63) is 46.4 Å². The summed E-state index contributed by atoms with van der Waals surface area (Å²) in [5, 5.41) is 6.13. The summed E-state index contributed by atoms with van der Waals surface area (Å²) < 4.78 is 15.9. The van der Waals surface area contributed by atoms with Crippen LogP contribution < -0.4 is 24.8 Å². The third-order valence-electron chi connectivity index (χ3n) is 3.16. The summed E-state index contributed by atoms with van der Waals surface area (Å²) in [6.45, 7) is 0.595. The zero-order valence-electron chi connectivity index (χ0n) is 13.8. The van der Waals surface area contributed by atoms with Crippen molar-refractivity contribution < 1.29 is 19.0 Å². The summed E-state index contributed by atoms with van der Waals surface area (Å²) in [5.74, 6) is 1.84. The number of ether oxygens (including phenoxy) is 3. The van der Waals surface area contributed by atoms with Crippen LogP contribution in [0.4, 0.5) is 10.5 Å². The molecule has 0 unspecified atom stereocenters. The van der Waals surface area contributed by atoms with Crippen LogP contribution in [0, 0.1) is 0 Å². The maximum absolute atomic E-state index is 11.8. The lowest BCUT2D eigenvalue weighted by Crippen LogP contribution is -2.32.